The minimum Gasteiger partial charge on any atom is -0.480 e. The van der Waals surface area contributed by atoms with Gasteiger partial charge >= 0.3 is 5.97 Å². The van der Waals surface area contributed by atoms with Crippen molar-refractivity contribution in [3.8, 4) is 0 Å². The van der Waals surface area contributed by atoms with Gasteiger partial charge in [0.1, 0.15) is 6.04 Å². The van der Waals surface area contributed by atoms with Crippen molar-refractivity contribution in [1.82, 2.24) is 4.72 Å². The van der Waals surface area contributed by atoms with E-state index in [9.17, 15) is 18.3 Å². The van der Waals surface area contributed by atoms with Crippen LogP contribution in [0.5, 0.6) is 0 Å². The lowest BCUT2D eigenvalue weighted by atomic mass is 10.1. The predicted molar refractivity (Wildman–Crippen MR) is 117 cm³/mol. The maximum absolute atomic E-state index is 12.9. The molecule has 0 aliphatic carbocycles. The number of nitrogens with two attached hydrogens (primary N) is 2. The maximum Gasteiger partial charge on any atom is 0.321 e. The van der Waals surface area contributed by atoms with Crippen LogP contribution in [0.25, 0.3) is 10.8 Å². The molecule has 2 aromatic carbocycles. The Labute approximate surface area is 176 Å². The van der Waals surface area contributed by atoms with Crippen molar-refractivity contribution < 1.29 is 18.3 Å². The van der Waals surface area contributed by atoms with Gasteiger partial charge in [-0.15, -0.1) is 12.4 Å². The maximum atomic E-state index is 12.9. The first-order chi connectivity index (χ1) is 13.1. The lowest BCUT2D eigenvalue weighted by Crippen LogP contribution is -2.40. The highest BCUT2D eigenvalue weighted by molar-refractivity contribution is 7.89. The highest BCUT2D eigenvalue weighted by Crippen LogP contribution is 2.30. The van der Waals surface area contributed by atoms with Crippen molar-refractivity contribution in [2.45, 2.75) is 23.8 Å². The van der Waals surface area contributed by atoms with Gasteiger partial charge in [0.2, 0.25) is 10.0 Å². The van der Waals surface area contributed by atoms with E-state index in [0.29, 0.717) is 11.8 Å². The number of hydrogen-bond acceptors (Lipinski definition) is 5. The minimum atomic E-state index is -4.06. The SMILES string of the molecule is CN(C)c1cccc2c(S(=O)(=O)NC(CCCN=C(N)N)C(=O)O)cccc12.Cl. The van der Waals surface area contributed by atoms with E-state index in [0.717, 1.165) is 11.1 Å². The first-order valence-electron chi connectivity index (χ1n) is 8.63. The molecule has 29 heavy (non-hydrogen) atoms. The van der Waals surface area contributed by atoms with Crippen LogP contribution in [-0.2, 0) is 14.8 Å². The third-order valence-corrected chi connectivity index (χ3v) is 5.70. The Balaban J connectivity index is 0.00000420. The molecule has 0 saturated heterocycles. The van der Waals surface area contributed by atoms with E-state index in [1.165, 1.54) is 6.07 Å². The molecule has 2 rings (SSSR count). The fourth-order valence-corrected chi connectivity index (χ4v) is 4.32. The van der Waals surface area contributed by atoms with Crippen molar-refractivity contribution in [3.63, 3.8) is 0 Å². The molecule has 1 atom stereocenters. The number of carboxylic acid groups (broad SMARTS) is 1. The van der Waals surface area contributed by atoms with E-state index in [2.05, 4.69) is 9.71 Å². The fourth-order valence-electron chi connectivity index (χ4n) is 2.88. The van der Waals surface area contributed by atoms with Gasteiger partial charge in [0.25, 0.3) is 0 Å². The second-order valence-corrected chi connectivity index (χ2v) is 8.17. The van der Waals surface area contributed by atoms with Crippen LogP contribution in [0.2, 0.25) is 0 Å². The van der Waals surface area contributed by atoms with Crippen LogP contribution in [0.4, 0.5) is 5.69 Å². The van der Waals surface area contributed by atoms with Crippen molar-refractivity contribution >= 4 is 50.8 Å². The summed E-state index contributed by atoms with van der Waals surface area (Å²) in [4.78, 5) is 17.2. The zero-order chi connectivity index (χ0) is 20.9. The number of carbonyl (C=O) groups is 1. The Morgan fingerprint density at radius 1 is 1.17 bits per heavy atom. The van der Waals surface area contributed by atoms with Gasteiger partial charge in [-0.3, -0.25) is 9.79 Å². The molecular weight excluding hydrogens is 418 g/mol. The van der Waals surface area contributed by atoms with E-state index in [1.807, 2.05) is 31.1 Å². The first kappa shape index (κ1) is 24.5. The number of halogens is 1. The largest absolute Gasteiger partial charge is 0.480 e. The summed E-state index contributed by atoms with van der Waals surface area (Å²) in [5, 5.41) is 10.7. The number of carboxylic acids is 1. The van der Waals surface area contributed by atoms with Gasteiger partial charge in [0.05, 0.1) is 4.90 Å². The summed E-state index contributed by atoms with van der Waals surface area (Å²) in [5.41, 5.74) is 11.3. The molecule has 1 unspecified atom stereocenters. The molecule has 0 saturated carbocycles. The Morgan fingerprint density at radius 2 is 1.79 bits per heavy atom. The molecule has 6 N–H and O–H groups in total. The van der Waals surface area contributed by atoms with Crippen LogP contribution in [-0.4, -0.2) is 52.1 Å². The third-order valence-electron chi connectivity index (χ3n) is 4.17. The van der Waals surface area contributed by atoms with E-state index in [1.54, 1.807) is 18.2 Å². The number of anilines is 1. The topological polar surface area (TPSA) is 151 Å². The van der Waals surface area contributed by atoms with Gasteiger partial charge in [0.15, 0.2) is 5.96 Å². The number of nitrogens with one attached hydrogen (secondary N) is 1. The van der Waals surface area contributed by atoms with Crippen LogP contribution in [0, 0.1) is 0 Å². The molecule has 11 heteroatoms. The molecule has 0 fully saturated rings. The summed E-state index contributed by atoms with van der Waals surface area (Å²) < 4.78 is 28.1. The minimum absolute atomic E-state index is 0. The molecule has 2 aromatic rings. The molecule has 160 valence electrons. The number of aliphatic imine (C=N–C) groups is 1. The average Bonchev–Trinajstić information content (AvgIpc) is 2.62. The molecule has 9 nitrogen and oxygen atoms in total. The summed E-state index contributed by atoms with van der Waals surface area (Å²) in [6.07, 6.45) is 0.372. The van der Waals surface area contributed by atoms with Crippen LogP contribution in [0.15, 0.2) is 46.3 Å². The second kappa shape index (κ2) is 10.3. The number of guanidine groups is 1. The zero-order valence-electron chi connectivity index (χ0n) is 16.2. The number of aliphatic carboxylic acids is 1. The molecule has 0 amide bonds. The Morgan fingerprint density at radius 3 is 2.38 bits per heavy atom. The van der Waals surface area contributed by atoms with Crippen molar-refractivity contribution in [3.05, 3.63) is 36.4 Å². The standard InChI is InChI=1S/C18H25N5O4S.ClH/c1-23(2)15-9-3-7-13-12(15)6-4-10-16(13)28(26,27)22-14(17(24)25)8-5-11-21-18(19)20;/h3-4,6-7,9-10,14,22H,5,8,11H2,1-2H3,(H,24,25)(H4,19,20,21);1H. The number of rotatable bonds is 9. The summed E-state index contributed by atoms with van der Waals surface area (Å²) in [6, 6.07) is 8.99. The zero-order valence-corrected chi connectivity index (χ0v) is 17.8. The van der Waals surface area contributed by atoms with E-state index in [-0.39, 0.29) is 36.2 Å². The van der Waals surface area contributed by atoms with Crippen LogP contribution < -0.4 is 21.1 Å². The molecule has 0 bridgehead atoms. The highest BCUT2D eigenvalue weighted by Gasteiger charge is 2.26. The Bertz CT molecular complexity index is 991. The van der Waals surface area contributed by atoms with Crippen LogP contribution >= 0.6 is 12.4 Å². The molecule has 0 radical (unpaired) electrons. The molecule has 0 aliphatic heterocycles. The lowest BCUT2D eigenvalue weighted by molar-refractivity contribution is -0.139. The summed E-state index contributed by atoms with van der Waals surface area (Å²) in [6.45, 7) is 0.217. The van der Waals surface area contributed by atoms with Gasteiger partial charge in [-0.25, -0.2) is 8.42 Å². The quantitative estimate of drug-likeness (QED) is 0.257. The van der Waals surface area contributed by atoms with Crippen molar-refractivity contribution in [2.24, 2.45) is 16.5 Å². The lowest BCUT2D eigenvalue weighted by Gasteiger charge is -2.18. The molecule has 0 heterocycles. The van der Waals surface area contributed by atoms with Gasteiger partial charge in [-0.05, 0) is 25.0 Å². The Kier molecular flexibility index (Phi) is 8.68. The van der Waals surface area contributed by atoms with Crippen molar-refractivity contribution in [1.29, 1.82) is 0 Å². The summed E-state index contributed by atoms with van der Waals surface area (Å²) >= 11 is 0. The number of benzene rings is 2. The number of sulfonamides is 1. The van der Waals surface area contributed by atoms with E-state index in [4.69, 9.17) is 11.5 Å². The van der Waals surface area contributed by atoms with Crippen LogP contribution in [0.1, 0.15) is 12.8 Å². The smallest absolute Gasteiger partial charge is 0.321 e. The highest BCUT2D eigenvalue weighted by atomic mass is 35.5. The normalized spacial score (nSPS) is 12.1. The van der Waals surface area contributed by atoms with Gasteiger partial charge in [-0.1, -0.05) is 24.3 Å². The molecular formula is C18H26ClN5O4S. The number of nitrogens with zero attached hydrogens (tertiary/aromatic N) is 2. The predicted octanol–water partition coefficient (Wildman–Crippen LogP) is 1.11. The number of hydrogen-bond donors (Lipinski definition) is 4. The monoisotopic (exact) mass is 443 g/mol. The summed E-state index contributed by atoms with van der Waals surface area (Å²) in [7, 11) is -0.329. The van der Waals surface area contributed by atoms with Crippen molar-refractivity contribution in [2.75, 3.05) is 25.5 Å². The van der Waals surface area contributed by atoms with Gasteiger partial charge in [-0.2, -0.15) is 4.72 Å². The second-order valence-electron chi connectivity index (χ2n) is 6.48. The van der Waals surface area contributed by atoms with Crippen LogP contribution in [0.3, 0.4) is 0 Å². The summed E-state index contributed by atoms with van der Waals surface area (Å²) in [5.74, 6) is -1.36. The van der Waals surface area contributed by atoms with E-state index < -0.39 is 22.0 Å². The average molecular weight is 444 g/mol. The number of fused-ring (bicyclic) bond motifs is 1. The van der Waals surface area contributed by atoms with Gasteiger partial charge in [0, 0.05) is 37.1 Å². The first-order valence-corrected chi connectivity index (χ1v) is 10.1. The molecule has 0 aliphatic rings. The van der Waals surface area contributed by atoms with E-state index >= 15 is 0 Å². The Hall–Kier alpha value is -2.56. The fraction of sp³-hybridized carbons (Fsp3) is 0.333. The molecule has 0 aromatic heterocycles. The van der Waals surface area contributed by atoms with Gasteiger partial charge < -0.3 is 21.5 Å². The molecule has 0 spiro atoms. The third kappa shape index (κ3) is 6.21.